The number of hydrogen-bond donors (Lipinski definition) is 0. The first-order valence-electron chi connectivity index (χ1n) is 2.45. The topological polar surface area (TPSA) is 34.1 Å². The standard InChI is InChI=1S/C6H5O2Se/c7-9(8)6-4-2-1-3-5-6/h1-5H. The Balaban J connectivity index is 3.13. The molecule has 0 bridgehead atoms. The molecule has 0 atom stereocenters. The van der Waals surface area contributed by atoms with Gasteiger partial charge in [-0.3, -0.25) is 0 Å². The molecular weight excluding hydrogens is 183 g/mol. The van der Waals surface area contributed by atoms with Crippen molar-refractivity contribution in [2.75, 3.05) is 0 Å². The van der Waals surface area contributed by atoms with Gasteiger partial charge in [-0.05, 0) is 0 Å². The number of rotatable bonds is 1. The van der Waals surface area contributed by atoms with E-state index in [-0.39, 0.29) is 0 Å². The Labute approximate surface area is 56.8 Å². The summed E-state index contributed by atoms with van der Waals surface area (Å²) in [6.07, 6.45) is 0. The molecule has 1 aromatic rings. The van der Waals surface area contributed by atoms with Crippen LogP contribution in [0.1, 0.15) is 0 Å². The van der Waals surface area contributed by atoms with Crippen LogP contribution >= 0.6 is 0 Å². The molecule has 0 spiro atoms. The molecule has 9 heavy (non-hydrogen) atoms. The first-order valence-corrected chi connectivity index (χ1v) is 4.70. The van der Waals surface area contributed by atoms with Crippen LogP contribution in [0, 0.1) is 0 Å². The molecule has 1 rings (SSSR count). The zero-order chi connectivity index (χ0) is 6.69. The molecule has 1 aromatic carbocycles. The second kappa shape index (κ2) is 2.76. The van der Waals surface area contributed by atoms with Gasteiger partial charge < -0.3 is 0 Å². The van der Waals surface area contributed by atoms with Crippen LogP contribution in [0.5, 0.6) is 0 Å². The van der Waals surface area contributed by atoms with Gasteiger partial charge in [0.25, 0.3) is 0 Å². The van der Waals surface area contributed by atoms with Crippen molar-refractivity contribution in [3.63, 3.8) is 0 Å². The minimum atomic E-state index is -2.91. The molecule has 0 N–H and O–H groups in total. The summed E-state index contributed by atoms with van der Waals surface area (Å²) in [4.78, 5) is 0. The van der Waals surface area contributed by atoms with Gasteiger partial charge in [-0.25, -0.2) is 0 Å². The molecule has 47 valence electrons. The Kier molecular flexibility index (Phi) is 1.98. The Morgan fingerprint density at radius 1 is 1.00 bits per heavy atom. The second-order valence-corrected chi connectivity index (χ2v) is 3.52. The van der Waals surface area contributed by atoms with Gasteiger partial charge in [-0.15, -0.1) is 0 Å². The zero-order valence-electron chi connectivity index (χ0n) is 4.61. The van der Waals surface area contributed by atoms with Crippen molar-refractivity contribution in [1.82, 2.24) is 0 Å². The van der Waals surface area contributed by atoms with Crippen molar-refractivity contribution in [2.24, 2.45) is 0 Å². The monoisotopic (exact) mass is 189 g/mol. The molecule has 1 radical (unpaired) electrons. The molecule has 0 heterocycles. The van der Waals surface area contributed by atoms with Gasteiger partial charge in [0.1, 0.15) is 0 Å². The molecule has 0 fully saturated rings. The molecule has 0 saturated heterocycles. The van der Waals surface area contributed by atoms with Crippen LogP contribution in [-0.4, -0.2) is 13.8 Å². The second-order valence-electron chi connectivity index (χ2n) is 1.55. The fourth-order valence-electron chi connectivity index (χ4n) is 0.532. The van der Waals surface area contributed by atoms with E-state index in [1.807, 2.05) is 0 Å². The Morgan fingerprint density at radius 3 is 1.89 bits per heavy atom. The zero-order valence-corrected chi connectivity index (χ0v) is 6.32. The van der Waals surface area contributed by atoms with Crippen molar-refractivity contribution in [3.05, 3.63) is 30.3 Å². The summed E-state index contributed by atoms with van der Waals surface area (Å²) in [5.41, 5.74) is 0. The van der Waals surface area contributed by atoms with Crippen molar-refractivity contribution in [2.45, 2.75) is 0 Å². The summed E-state index contributed by atoms with van der Waals surface area (Å²) in [7, 11) is 0. The number of hydrogen-bond acceptors (Lipinski definition) is 2. The van der Waals surface area contributed by atoms with E-state index in [9.17, 15) is 7.67 Å². The van der Waals surface area contributed by atoms with Gasteiger partial charge >= 0.3 is 56.2 Å². The van der Waals surface area contributed by atoms with Crippen LogP contribution in [0.4, 0.5) is 0 Å². The van der Waals surface area contributed by atoms with E-state index in [1.165, 1.54) is 0 Å². The number of benzene rings is 1. The quantitative estimate of drug-likeness (QED) is 0.591. The van der Waals surface area contributed by atoms with E-state index >= 15 is 0 Å². The maximum atomic E-state index is 10.3. The predicted molar refractivity (Wildman–Crippen MR) is 33.2 cm³/mol. The molecule has 0 saturated carbocycles. The predicted octanol–water partition coefficient (Wildman–Crippen LogP) is 0.243. The van der Waals surface area contributed by atoms with E-state index < -0.39 is 13.8 Å². The van der Waals surface area contributed by atoms with Gasteiger partial charge in [0.2, 0.25) is 0 Å². The van der Waals surface area contributed by atoms with Crippen LogP contribution in [0.15, 0.2) is 30.3 Å². The fraction of sp³-hybridized carbons (Fsp3) is 0. The third-order valence-corrected chi connectivity index (χ3v) is 2.31. The van der Waals surface area contributed by atoms with Crippen molar-refractivity contribution >= 4 is 18.2 Å². The third kappa shape index (κ3) is 1.63. The summed E-state index contributed by atoms with van der Waals surface area (Å²) in [5, 5.41) is 0. The summed E-state index contributed by atoms with van der Waals surface area (Å²) >= 11 is -2.91. The molecule has 2 nitrogen and oxygen atoms in total. The van der Waals surface area contributed by atoms with Crippen LogP contribution in [-0.2, 0) is 7.67 Å². The normalized spacial score (nSPS) is 8.89. The molecule has 0 amide bonds. The van der Waals surface area contributed by atoms with E-state index in [4.69, 9.17) is 0 Å². The molecule has 3 heteroatoms. The summed E-state index contributed by atoms with van der Waals surface area (Å²) < 4.78 is 21.0. The van der Waals surface area contributed by atoms with Crippen LogP contribution in [0.3, 0.4) is 0 Å². The van der Waals surface area contributed by atoms with E-state index in [1.54, 1.807) is 30.3 Å². The van der Waals surface area contributed by atoms with E-state index in [2.05, 4.69) is 0 Å². The van der Waals surface area contributed by atoms with Crippen LogP contribution < -0.4 is 4.46 Å². The van der Waals surface area contributed by atoms with Gasteiger partial charge in [-0.2, -0.15) is 0 Å². The van der Waals surface area contributed by atoms with Crippen LogP contribution in [0.25, 0.3) is 0 Å². The summed E-state index contributed by atoms with van der Waals surface area (Å²) in [5.74, 6) is 0. The summed E-state index contributed by atoms with van der Waals surface area (Å²) in [6.45, 7) is 0. The van der Waals surface area contributed by atoms with E-state index in [0.717, 1.165) is 0 Å². The van der Waals surface area contributed by atoms with Crippen molar-refractivity contribution < 1.29 is 7.67 Å². The Morgan fingerprint density at radius 2 is 1.56 bits per heavy atom. The minimum absolute atomic E-state index is 0.428. The molecule has 0 aromatic heterocycles. The molecular formula is C6H5O2Se. The Hall–Kier alpha value is -0.661. The third-order valence-electron chi connectivity index (χ3n) is 0.936. The summed E-state index contributed by atoms with van der Waals surface area (Å²) in [6, 6.07) is 8.39. The van der Waals surface area contributed by atoms with E-state index in [0.29, 0.717) is 4.46 Å². The van der Waals surface area contributed by atoms with Gasteiger partial charge in [0.15, 0.2) is 0 Å². The SMILES string of the molecule is O=[Se](=O)c1ccccc1. The molecule has 0 unspecified atom stereocenters. The van der Waals surface area contributed by atoms with Crippen molar-refractivity contribution in [3.8, 4) is 0 Å². The van der Waals surface area contributed by atoms with Gasteiger partial charge in [0.05, 0.1) is 0 Å². The fourth-order valence-corrected chi connectivity index (χ4v) is 1.33. The van der Waals surface area contributed by atoms with Gasteiger partial charge in [-0.1, -0.05) is 0 Å². The first kappa shape index (κ1) is 6.46. The van der Waals surface area contributed by atoms with Crippen LogP contribution in [0.2, 0.25) is 0 Å². The average Bonchev–Trinajstić information content (AvgIpc) is 1.90. The Bertz CT molecular complexity index is 243. The molecule has 0 aliphatic rings. The first-order chi connectivity index (χ1) is 4.30. The molecule has 0 aliphatic heterocycles. The average molecular weight is 188 g/mol. The maximum absolute atomic E-state index is 10.3. The molecule has 0 aliphatic carbocycles. The van der Waals surface area contributed by atoms with Crippen molar-refractivity contribution in [1.29, 1.82) is 0 Å². The van der Waals surface area contributed by atoms with Gasteiger partial charge in [0, 0.05) is 0 Å².